The van der Waals surface area contributed by atoms with Crippen molar-refractivity contribution in [3.63, 3.8) is 0 Å². The Balaban J connectivity index is 1.96. The molecule has 2 fully saturated rings. The second-order valence-corrected chi connectivity index (χ2v) is 3.66. The van der Waals surface area contributed by atoms with E-state index < -0.39 is 0 Å². The maximum atomic E-state index is 8.93. The van der Waals surface area contributed by atoms with Gasteiger partial charge in [0.25, 0.3) is 0 Å². The first-order valence-corrected chi connectivity index (χ1v) is 4.25. The van der Waals surface area contributed by atoms with E-state index in [0.29, 0.717) is 12.5 Å². The number of aliphatic hydroxyl groups excluding tert-OH is 1. The Morgan fingerprint density at radius 1 is 1.20 bits per heavy atom. The van der Waals surface area contributed by atoms with Crippen LogP contribution in [0.1, 0.15) is 25.7 Å². The Morgan fingerprint density at radius 3 is 2.30 bits per heavy atom. The summed E-state index contributed by atoms with van der Waals surface area (Å²) in [7, 11) is 0. The lowest BCUT2D eigenvalue weighted by Gasteiger charge is -2.27. The van der Waals surface area contributed by atoms with Gasteiger partial charge in [0, 0.05) is 18.7 Å². The maximum absolute atomic E-state index is 8.93. The predicted octanol–water partition coefficient (Wildman–Crippen LogP) is 0.509. The quantitative estimate of drug-likeness (QED) is 0.557. The Labute approximate surface area is 61.6 Å². The third-order valence-corrected chi connectivity index (χ3v) is 2.83. The van der Waals surface area contributed by atoms with Gasteiger partial charge in [0.15, 0.2) is 0 Å². The topological polar surface area (TPSA) is 32.3 Å². The van der Waals surface area contributed by atoms with Crippen molar-refractivity contribution in [3.05, 3.63) is 0 Å². The van der Waals surface area contributed by atoms with Crippen LogP contribution in [0.25, 0.3) is 0 Å². The summed E-state index contributed by atoms with van der Waals surface area (Å²) in [4.78, 5) is 0. The standard InChI is InChI=1S/C8H15NO/c10-5-6-3-7-1-2-8(4-6)9-7/h6-10H,1-5H2/t6-,7-,8+. The van der Waals surface area contributed by atoms with E-state index in [-0.39, 0.29) is 0 Å². The highest BCUT2D eigenvalue weighted by Gasteiger charge is 2.32. The van der Waals surface area contributed by atoms with E-state index in [0.717, 1.165) is 12.1 Å². The molecule has 0 radical (unpaired) electrons. The minimum absolute atomic E-state index is 0.398. The van der Waals surface area contributed by atoms with Crippen molar-refractivity contribution in [1.82, 2.24) is 5.32 Å². The first-order valence-electron chi connectivity index (χ1n) is 4.25. The third-order valence-electron chi connectivity index (χ3n) is 2.83. The number of piperidine rings is 1. The smallest absolute Gasteiger partial charge is 0.0460 e. The van der Waals surface area contributed by atoms with Gasteiger partial charge in [-0.1, -0.05) is 0 Å². The highest BCUT2D eigenvalue weighted by molar-refractivity contribution is 4.91. The van der Waals surface area contributed by atoms with Crippen molar-refractivity contribution in [2.75, 3.05) is 6.61 Å². The number of aliphatic hydroxyl groups is 1. The molecule has 2 nitrogen and oxygen atoms in total. The van der Waals surface area contributed by atoms with E-state index in [1.54, 1.807) is 0 Å². The molecule has 2 N–H and O–H groups in total. The van der Waals surface area contributed by atoms with Crippen LogP contribution >= 0.6 is 0 Å². The monoisotopic (exact) mass is 141 g/mol. The molecule has 3 atom stereocenters. The van der Waals surface area contributed by atoms with E-state index in [9.17, 15) is 0 Å². The van der Waals surface area contributed by atoms with Crippen LogP contribution in [-0.4, -0.2) is 23.8 Å². The second kappa shape index (κ2) is 2.51. The highest BCUT2D eigenvalue weighted by atomic mass is 16.3. The average molecular weight is 141 g/mol. The van der Waals surface area contributed by atoms with Gasteiger partial charge in [-0.25, -0.2) is 0 Å². The van der Waals surface area contributed by atoms with Gasteiger partial charge in [-0.2, -0.15) is 0 Å². The van der Waals surface area contributed by atoms with Gasteiger partial charge in [-0.3, -0.25) is 0 Å². The molecule has 0 aromatic carbocycles. The Hall–Kier alpha value is -0.0800. The molecule has 0 aromatic rings. The van der Waals surface area contributed by atoms with Gasteiger partial charge in [-0.05, 0) is 31.6 Å². The molecule has 0 aliphatic carbocycles. The molecular formula is C8H15NO. The first kappa shape index (κ1) is 6.62. The minimum atomic E-state index is 0.398. The SMILES string of the molecule is OC[C@@H]1C[C@H]2CC[C@@H](C1)N2. The molecule has 2 heteroatoms. The third kappa shape index (κ3) is 1.06. The molecule has 2 rings (SSSR count). The summed E-state index contributed by atoms with van der Waals surface area (Å²) in [5.74, 6) is 0.596. The lowest BCUT2D eigenvalue weighted by atomic mass is 9.93. The highest BCUT2D eigenvalue weighted by Crippen LogP contribution is 2.30. The fourth-order valence-electron chi connectivity index (χ4n) is 2.32. The van der Waals surface area contributed by atoms with Crippen molar-refractivity contribution in [1.29, 1.82) is 0 Å². The molecule has 0 aromatic heterocycles. The van der Waals surface area contributed by atoms with E-state index in [2.05, 4.69) is 5.32 Å². The number of fused-ring (bicyclic) bond motifs is 2. The minimum Gasteiger partial charge on any atom is -0.396 e. The molecule has 2 aliphatic rings. The molecule has 10 heavy (non-hydrogen) atoms. The van der Waals surface area contributed by atoms with Crippen LogP contribution in [0.15, 0.2) is 0 Å². The van der Waals surface area contributed by atoms with E-state index in [1.807, 2.05) is 0 Å². The molecule has 2 aliphatic heterocycles. The largest absolute Gasteiger partial charge is 0.396 e. The Morgan fingerprint density at radius 2 is 1.80 bits per heavy atom. The zero-order valence-corrected chi connectivity index (χ0v) is 6.21. The molecular weight excluding hydrogens is 126 g/mol. The van der Waals surface area contributed by atoms with Crippen LogP contribution in [0.5, 0.6) is 0 Å². The Kier molecular flexibility index (Phi) is 1.66. The predicted molar refractivity (Wildman–Crippen MR) is 39.8 cm³/mol. The average Bonchev–Trinajstić information content (AvgIpc) is 2.30. The van der Waals surface area contributed by atoms with Crippen molar-refractivity contribution >= 4 is 0 Å². The summed E-state index contributed by atoms with van der Waals surface area (Å²) in [6.07, 6.45) is 5.07. The number of rotatable bonds is 1. The lowest BCUT2D eigenvalue weighted by Crippen LogP contribution is -2.38. The number of nitrogens with one attached hydrogen (secondary N) is 1. The summed E-state index contributed by atoms with van der Waals surface area (Å²) < 4.78 is 0. The first-order chi connectivity index (χ1) is 4.88. The molecule has 58 valence electrons. The van der Waals surface area contributed by atoms with Gasteiger partial charge in [0.1, 0.15) is 0 Å². The van der Waals surface area contributed by atoms with Crippen LogP contribution in [0.3, 0.4) is 0 Å². The zero-order chi connectivity index (χ0) is 6.97. The van der Waals surface area contributed by atoms with Crippen molar-refractivity contribution in [2.45, 2.75) is 37.8 Å². The summed E-state index contributed by atoms with van der Waals surface area (Å²) >= 11 is 0. The second-order valence-electron chi connectivity index (χ2n) is 3.66. The molecule has 2 heterocycles. The fraction of sp³-hybridized carbons (Fsp3) is 1.00. The fourth-order valence-corrected chi connectivity index (χ4v) is 2.32. The summed E-state index contributed by atoms with van der Waals surface area (Å²) in [5.41, 5.74) is 0. The van der Waals surface area contributed by atoms with Crippen LogP contribution in [0.4, 0.5) is 0 Å². The maximum Gasteiger partial charge on any atom is 0.0460 e. The number of hydrogen-bond acceptors (Lipinski definition) is 2. The molecule has 0 amide bonds. The van der Waals surface area contributed by atoms with Crippen LogP contribution < -0.4 is 5.32 Å². The summed E-state index contributed by atoms with van der Waals surface area (Å²) in [5, 5.41) is 12.5. The van der Waals surface area contributed by atoms with Gasteiger partial charge < -0.3 is 10.4 Å². The lowest BCUT2D eigenvalue weighted by molar-refractivity contribution is 0.174. The molecule has 2 bridgehead atoms. The molecule has 2 saturated heterocycles. The van der Waals surface area contributed by atoms with Crippen molar-refractivity contribution < 1.29 is 5.11 Å². The van der Waals surface area contributed by atoms with Gasteiger partial charge >= 0.3 is 0 Å². The van der Waals surface area contributed by atoms with Gasteiger partial charge in [0.2, 0.25) is 0 Å². The summed E-state index contributed by atoms with van der Waals surface area (Å²) in [6.45, 7) is 0.398. The van der Waals surface area contributed by atoms with Crippen LogP contribution in [0.2, 0.25) is 0 Å². The van der Waals surface area contributed by atoms with E-state index in [1.165, 1.54) is 25.7 Å². The molecule has 0 spiro atoms. The van der Waals surface area contributed by atoms with Crippen molar-refractivity contribution in [2.24, 2.45) is 5.92 Å². The van der Waals surface area contributed by atoms with E-state index in [4.69, 9.17) is 5.11 Å². The van der Waals surface area contributed by atoms with Gasteiger partial charge in [-0.15, -0.1) is 0 Å². The van der Waals surface area contributed by atoms with Crippen LogP contribution in [0, 0.1) is 5.92 Å². The Bertz CT molecular complexity index is 114. The van der Waals surface area contributed by atoms with E-state index >= 15 is 0 Å². The van der Waals surface area contributed by atoms with Crippen molar-refractivity contribution in [3.8, 4) is 0 Å². The summed E-state index contributed by atoms with van der Waals surface area (Å²) in [6, 6.07) is 1.46. The molecule has 0 saturated carbocycles. The van der Waals surface area contributed by atoms with Gasteiger partial charge in [0.05, 0.1) is 0 Å². The zero-order valence-electron chi connectivity index (χ0n) is 6.21. The number of hydrogen-bond donors (Lipinski definition) is 2. The van der Waals surface area contributed by atoms with Crippen LogP contribution in [-0.2, 0) is 0 Å². The normalized spacial score (nSPS) is 45.9. The molecule has 0 unspecified atom stereocenters.